The molecule has 0 aromatic rings. The Morgan fingerprint density at radius 1 is 0.594 bits per heavy atom. The van der Waals surface area contributed by atoms with Crippen molar-refractivity contribution in [1.82, 2.24) is 0 Å². The van der Waals surface area contributed by atoms with Gasteiger partial charge in [-0.2, -0.15) is 8.42 Å². The van der Waals surface area contributed by atoms with Crippen LogP contribution < -0.4 is 0 Å². The van der Waals surface area contributed by atoms with Gasteiger partial charge >= 0.3 is 16.4 Å². The van der Waals surface area contributed by atoms with Crippen LogP contribution in [0.5, 0.6) is 0 Å². The summed E-state index contributed by atoms with van der Waals surface area (Å²) in [6, 6.07) is -2.58. The van der Waals surface area contributed by atoms with Gasteiger partial charge in [0.15, 0.2) is 31.3 Å². The molecule has 5 rings (SSSR count). The molecule has 64 heavy (non-hydrogen) atoms. The van der Waals surface area contributed by atoms with E-state index in [2.05, 4.69) is 30.1 Å². The van der Waals surface area contributed by atoms with Crippen molar-refractivity contribution in [2.45, 2.75) is 186 Å². The molecule has 0 amide bonds. The number of nitrogens with zero attached hydrogens (tertiary/aromatic N) is 9. The van der Waals surface area contributed by atoms with Crippen LogP contribution in [0, 0.1) is 35.5 Å². The molecule has 5 aliphatic rings. The highest BCUT2D eigenvalue weighted by molar-refractivity contribution is 7.80. The van der Waals surface area contributed by atoms with E-state index in [1.54, 1.807) is 41.5 Å². The first-order chi connectivity index (χ1) is 30.1. The Bertz CT molecular complexity index is 1890. The van der Waals surface area contributed by atoms with Crippen LogP contribution in [0.1, 0.15) is 75.7 Å². The summed E-state index contributed by atoms with van der Waals surface area (Å²) in [5.74, 6) is -4.09. The summed E-state index contributed by atoms with van der Waals surface area (Å²) in [7, 11) is -5.18. The summed E-state index contributed by atoms with van der Waals surface area (Å²) in [5.41, 5.74) is 28.1. The molecule has 26 nitrogen and oxygen atoms in total. The van der Waals surface area contributed by atoms with Gasteiger partial charge in [0.2, 0.25) is 6.29 Å². The molecule has 0 aromatic carbocycles. The van der Waals surface area contributed by atoms with Crippen molar-refractivity contribution < 1.29 is 79.2 Å². The number of azide groups is 3. The van der Waals surface area contributed by atoms with Crippen LogP contribution in [0.3, 0.4) is 0 Å². The van der Waals surface area contributed by atoms with Gasteiger partial charge in [-0.1, -0.05) is 56.9 Å². The largest absolute Gasteiger partial charge is 0.479 e. The summed E-state index contributed by atoms with van der Waals surface area (Å²) in [6.07, 6.45) is -16.6. The number of hydrogen-bond acceptors (Lipinski definition) is 18. The van der Waals surface area contributed by atoms with E-state index in [0.29, 0.717) is 0 Å². The number of hydrogen-bond donors (Lipinski definition) is 2. The average Bonchev–Trinajstić information content (AvgIpc) is 3.22. The molecule has 0 aliphatic carbocycles. The monoisotopic (exact) mass is 933 g/mol. The first-order valence-corrected chi connectivity index (χ1v) is 22.5. The van der Waals surface area contributed by atoms with E-state index < -0.39 is 145 Å². The molecule has 0 spiro atoms. The number of carbonyl (C=O) groups is 2. The second kappa shape index (κ2) is 21.8. The zero-order chi connectivity index (χ0) is 47.4. The highest BCUT2D eigenvalue weighted by Gasteiger charge is 2.55. The van der Waals surface area contributed by atoms with Crippen LogP contribution >= 0.6 is 0 Å². The molecule has 0 radical (unpaired) electrons. The molecule has 5 aliphatic heterocycles. The highest BCUT2D eigenvalue weighted by atomic mass is 32.3. The van der Waals surface area contributed by atoms with Crippen molar-refractivity contribution >= 4 is 22.8 Å². The van der Waals surface area contributed by atoms with Crippen molar-refractivity contribution in [2.24, 2.45) is 50.9 Å². The zero-order valence-corrected chi connectivity index (χ0v) is 37.9. The molecule has 360 valence electrons. The summed E-state index contributed by atoms with van der Waals surface area (Å²) in [5, 5.41) is 22.0. The number of carboxylic acids is 1. The van der Waals surface area contributed by atoms with Crippen molar-refractivity contribution in [3.05, 3.63) is 31.3 Å². The number of carbonyl (C=O) groups excluding carboxylic acids is 1. The van der Waals surface area contributed by atoms with E-state index in [0.717, 1.165) is 0 Å². The van der Waals surface area contributed by atoms with Gasteiger partial charge in [-0.3, -0.25) is 9.35 Å². The van der Waals surface area contributed by atoms with E-state index >= 15 is 0 Å². The molecule has 5 fully saturated rings. The minimum atomic E-state index is -5.18. The van der Waals surface area contributed by atoms with Gasteiger partial charge in [0.1, 0.15) is 18.3 Å². The minimum Gasteiger partial charge on any atom is -0.479 e. The fraction of sp³-hybridized carbons (Fsp3) is 0.946. The number of rotatable bonds is 16. The van der Waals surface area contributed by atoms with Gasteiger partial charge in [-0.15, -0.1) is 0 Å². The smallest absolute Gasteiger partial charge is 0.397 e. The molecule has 7 unspecified atom stereocenters. The maximum absolute atomic E-state index is 12.7. The number of aliphatic carboxylic acids is 1. The molecule has 5 heterocycles. The van der Waals surface area contributed by atoms with Crippen LogP contribution in [0.25, 0.3) is 31.3 Å². The third-order valence-corrected chi connectivity index (χ3v) is 13.9. The molecular weight excluding hydrogens is 875 g/mol. The summed E-state index contributed by atoms with van der Waals surface area (Å²) in [4.78, 5) is 33.3. The Morgan fingerprint density at radius 3 is 1.81 bits per heavy atom. The summed E-state index contributed by atoms with van der Waals surface area (Å²) in [6.45, 7) is 17.6. The van der Waals surface area contributed by atoms with E-state index in [-0.39, 0.29) is 30.8 Å². The van der Waals surface area contributed by atoms with E-state index in [1.807, 2.05) is 20.8 Å². The Labute approximate surface area is 369 Å². The Kier molecular flexibility index (Phi) is 17.5. The molecule has 24 atom stereocenters. The Hall–Kier alpha value is -3.62. The third kappa shape index (κ3) is 11.5. The van der Waals surface area contributed by atoms with Gasteiger partial charge in [0.25, 0.3) is 6.47 Å². The van der Waals surface area contributed by atoms with Gasteiger partial charge < -0.3 is 52.5 Å². The summed E-state index contributed by atoms with van der Waals surface area (Å²) < 4.78 is 100. The fourth-order valence-corrected chi connectivity index (χ4v) is 9.77. The zero-order valence-electron chi connectivity index (χ0n) is 37.1. The van der Waals surface area contributed by atoms with E-state index in [1.165, 1.54) is 6.92 Å². The Balaban J connectivity index is 1.33. The lowest BCUT2D eigenvalue weighted by Gasteiger charge is -2.49. The van der Waals surface area contributed by atoms with Crippen LogP contribution in [0.4, 0.5) is 0 Å². The van der Waals surface area contributed by atoms with Crippen LogP contribution in [-0.2, 0) is 71.5 Å². The lowest BCUT2D eigenvalue weighted by Crippen LogP contribution is -2.62. The first kappa shape index (κ1) is 51.4. The second-order valence-electron chi connectivity index (χ2n) is 17.4. The summed E-state index contributed by atoms with van der Waals surface area (Å²) >= 11 is 0. The van der Waals surface area contributed by atoms with Crippen molar-refractivity contribution in [3.8, 4) is 0 Å². The van der Waals surface area contributed by atoms with Gasteiger partial charge in [-0.25, -0.2) is 8.98 Å². The normalized spacial score (nSPS) is 46.3. The predicted octanol–water partition coefficient (Wildman–Crippen LogP) is 4.92. The van der Waals surface area contributed by atoms with E-state index in [4.69, 9.17) is 57.1 Å². The predicted molar refractivity (Wildman–Crippen MR) is 215 cm³/mol. The van der Waals surface area contributed by atoms with Crippen molar-refractivity contribution in [3.63, 3.8) is 0 Å². The standard InChI is InChI=1S/C37H59N9O17S/c1-13-14(2)26(43-46-40)35(55-19(13)7)59-28-15(3)16(4)33(61-31(28)32(48)49)57-24-11-23(41-44-38)34(56-20(24)8)60-29-18(6)30(63-64(50,51)52)37(62-36(29)53-12-47)58-27-17(5)25(42-45-39)21(9)54-22(27)10/h12-31,33-37H,11H2,1-10H3,(H,48,49)(H,50,51,52)/t13-,14?,15?,16-,17?,18?,19-,20?,21+,22?,23-,24-,25-,26-,27-,28-,29-,30-,31+,33+,34+,35+,36?,37+/m0/s1. The van der Waals surface area contributed by atoms with Gasteiger partial charge in [0.05, 0.1) is 54.7 Å². The molecule has 2 N–H and O–H groups in total. The quantitative estimate of drug-likeness (QED) is 0.0681. The molecule has 0 aromatic heterocycles. The third-order valence-electron chi connectivity index (χ3n) is 13.4. The highest BCUT2D eigenvalue weighted by Crippen LogP contribution is 2.42. The fourth-order valence-electron chi connectivity index (χ4n) is 9.22. The first-order valence-electron chi connectivity index (χ1n) is 21.1. The average molecular weight is 934 g/mol. The van der Waals surface area contributed by atoms with Crippen LogP contribution in [0.2, 0.25) is 0 Å². The minimum absolute atomic E-state index is 0.0238. The van der Waals surface area contributed by atoms with Gasteiger partial charge in [0, 0.05) is 26.6 Å². The molecule has 0 saturated carbocycles. The molecular formula is C37H59N9O17S. The maximum Gasteiger partial charge on any atom is 0.397 e. The maximum atomic E-state index is 12.7. The Morgan fingerprint density at radius 2 is 1.20 bits per heavy atom. The van der Waals surface area contributed by atoms with E-state index in [9.17, 15) is 38.7 Å². The lowest BCUT2D eigenvalue weighted by atomic mass is 9.82. The van der Waals surface area contributed by atoms with Crippen molar-refractivity contribution in [2.75, 3.05) is 0 Å². The van der Waals surface area contributed by atoms with Crippen molar-refractivity contribution in [1.29, 1.82) is 0 Å². The molecule has 5 saturated heterocycles. The van der Waals surface area contributed by atoms with Crippen LogP contribution in [0.15, 0.2) is 15.3 Å². The number of ether oxygens (including phenoxy) is 10. The van der Waals surface area contributed by atoms with Crippen LogP contribution in [-0.4, -0.2) is 141 Å². The SMILES string of the molecule is CC1O[C@H](C)[C@@H](N=[N+]=[N-])C(C)[C@@H]1O[C@@H]1OC(OC=O)[C@@H](O[C@H]2OC(C)[C@@H](O[C@@H]3O[C@@H](C(=O)O)[C@@H](O[C@H]4O[C@@H](C)[C@@H](C)C(C)[C@@H]4N=[N+]=[N-])C(C)[C@@H]3C)C[C@@H]2N=[N+]=[N-])C(C)[C@@H]1OS(=O)(=O)O. The molecule has 27 heteroatoms. The second-order valence-corrected chi connectivity index (χ2v) is 18.4. The van der Waals surface area contributed by atoms with Gasteiger partial charge in [-0.05, 0) is 74.4 Å². The topological polar surface area (TPSA) is 357 Å². The molecule has 0 bridgehead atoms. The lowest BCUT2D eigenvalue weighted by molar-refractivity contribution is -0.373. The number of carboxylic acid groups (broad SMARTS) is 1.